The number of hydrogen-bond acceptors (Lipinski definition) is 6. The van der Waals surface area contributed by atoms with Crippen LogP contribution in [0.3, 0.4) is 0 Å². The fourth-order valence-electron chi connectivity index (χ4n) is 5.20. The van der Waals surface area contributed by atoms with E-state index in [4.69, 9.17) is 0 Å². The lowest BCUT2D eigenvalue weighted by Gasteiger charge is -2.24. The van der Waals surface area contributed by atoms with E-state index in [2.05, 4.69) is 30.7 Å². The topological polar surface area (TPSA) is 109 Å². The zero-order valence-corrected chi connectivity index (χ0v) is 19.8. The minimum Gasteiger partial charge on any atom is -0.349 e. The molecule has 3 aromatic rings. The quantitative estimate of drug-likeness (QED) is 0.556. The summed E-state index contributed by atoms with van der Waals surface area (Å²) < 4.78 is 3.56. The number of nitrogens with zero attached hydrogens (tertiary/aromatic N) is 6. The largest absolute Gasteiger partial charge is 0.349 e. The summed E-state index contributed by atoms with van der Waals surface area (Å²) in [6, 6.07) is 4.18. The van der Waals surface area contributed by atoms with Crippen LogP contribution in [0.2, 0.25) is 0 Å². The molecule has 1 aliphatic carbocycles. The Kier molecular flexibility index (Phi) is 6.32. The second-order valence-electron chi connectivity index (χ2n) is 9.55. The molecule has 1 unspecified atom stereocenters. The number of anilines is 1. The summed E-state index contributed by atoms with van der Waals surface area (Å²) in [6.07, 6.45) is 11.3. The van der Waals surface area contributed by atoms with Crippen LogP contribution in [0.15, 0.2) is 30.7 Å². The number of nitrogens with one attached hydrogen (secondary N) is 2. The van der Waals surface area contributed by atoms with Gasteiger partial charge in [0.15, 0.2) is 5.65 Å². The van der Waals surface area contributed by atoms with Crippen LogP contribution in [0, 0.1) is 0 Å². The van der Waals surface area contributed by atoms with Crippen molar-refractivity contribution >= 4 is 23.3 Å². The molecular formula is C24H32N8O2. The number of rotatable bonds is 7. The van der Waals surface area contributed by atoms with E-state index in [1.807, 2.05) is 26.0 Å². The highest BCUT2D eigenvalue weighted by Gasteiger charge is 2.31. The van der Waals surface area contributed by atoms with Crippen molar-refractivity contribution in [2.45, 2.75) is 70.5 Å². The lowest BCUT2D eigenvalue weighted by molar-refractivity contribution is -0.117. The van der Waals surface area contributed by atoms with Gasteiger partial charge in [-0.1, -0.05) is 12.8 Å². The first-order valence-corrected chi connectivity index (χ1v) is 12.2. The molecule has 10 heteroatoms. The molecule has 2 amide bonds. The number of carbonyl (C=O) groups is 2. The number of fused-ring (bicyclic) bond motifs is 1. The number of amides is 2. The lowest BCUT2D eigenvalue weighted by Crippen LogP contribution is -2.34. The van der Waals surface area contributed by atoms with E-state index < -0.39 is 0 Å². The molecule has 3 aromatic heterocycles. The van der Waals surface area contributed by atoms with Gasteiger partial charge in [0.25, 0.3) is 5.91 Å². The van der Waals surface area contributed by atoms with Crippen molar-refractivity contribution in [1.29, 1.82) is 0 Å². The van der Waals surface area contributed by atoms with Gasteiger partial charge in [-0.2, -0.15) is 10.2 Å². The summed E-state index contributed by atoms with van der Waals surface area (Å²) >= 11 is 0. The molecule has 1 saturated heterocycles. The molecule has 1 saturated carbocycles. The predicted molar refractivity (Wildman–Crippen MR) is 127 cm³/mol. The van der Waals surface area contributed by atoms with Gasteiger partial charge in [0, 0.05) is 24.3 Å². The first-order valence-electron chi connectivity index (χ1n) is 12.2. The van der Waals surface area contributed by atoms with Gasteiger partial charge in [-0.25, -0.2) is 14.2 Å². The standard InChI is InChI=1S/C24H32N8O2/c1-16(2)31-21(10-12-26-31)29-22(33)15-30-13-5-8-19(30)20-9-11-25-23-18(14-27-32(20)23)24(34)28-17-6-3-4-7-17/h9-12,14,16-17,19H,3-8,13,15H2,1-2H3,(H,28,34)(H,29,33). The Balaban J connectivity index is 1.32. The Morgan fingerprint density at radius 1 is 1.09 bits per heavy atom. The SMILES string of the molecule is CC(C)n1nccc1NC(=O)CN1CCCC1c1ccnc2c(C(=O)NC3CCCC3)cnn12. The number of likely N-dealkylation sites (tertiary alicyclic amines) is 1. The third kappa shape index (κ3) is 4.42. The van der Waals surface area contributed by atoms with Crippen molar-refractivity contribution in [3.8, 4) is 0 Å². The van der Waals surface area contributed by atoms with Crippen molar-refractivity contribution < 1.29 is 9.59 Å². The van der Waals surface area contributed by atoms with Crippen LogP contribution in [-0.2, 0) is 4.79 Å². The second kappa shape index (κ2) is 9.54. The molecule has 1 atom stereocenters. The van der Waals surface area contributed by atoms with E-state index in [0.717, 1.165) is 50.8 Å². The molecule has 34 heavy (non-hydrogen) atoms. The number of carbonyl (C=O) groups excluding carboxylic acids is 2. The van der Waals surface area contributed by atoms with E-state index in [1.165, 1.54) is 0 Å². The molecule has 2 fully saturated rings. The molecule has 0 bridgehead atoms. The summed E-state index contributed by atoms with van der Waals surface area (Å²) in [5, 5.41) is 14.9. The van der Waals surface area contributed by atoms with Crippen molar-refractivity contribution in [3.63, 3.8) is 0 Å². The number of aromatic nitrogens is 5. The van der Waals surface area contributed by atoms with Gasteiger partial charge in [0.05, 0.1) is 30.7 Å². The summed E-state index contributed by atoms with van der Waals surface area (Å²) in [7, 11) is 0. The minimum atomic E-state index is -0.115. The fraction of sp³-hybridized carbons (Fsp3) is 0.542. The predicted octanol–water partition coefficient (Wildman–Crippen LogP) is 2.95. The molecule has 0 radical (unpaired) electrons. The van der Waals surface area contributed by atoms with Crippen molar-refractivity contribution in [3.05, 3.63) is 42.0 Å². The maximum atomic E-state index is 12.9. The molecule has 10 nitrogen and oxygen atoms in total. The van der Waals surface area contributed by atoms with Crippen molar-refractivity contribution in [2.24, 2.45) is 0 Å². The Morgan fingerprint density at radius 3 is 2.71 bits per heavy atom. The van der Waals surface area contributed by atoms with Crippen LogP contribution < -0.4 is 10.6 Å². The molecular weight excluding hydrogens is 432 g/mol. The van der Waals surface area contributed by atoms with E-state index >= 15 is 0 Å². The molecule has 180 valence electrons. The van der Waals surface area contributed by atoms with E-state index in [9.17, 15) is 9.59 Å². The summed E-state index contributed by atoms with van der Waals surface area (Å²) in [5.41, 5.74) is 2.01. The highest BCUT2D eigenvalue weighted by molar-refractivity contribution is 5.99. The average Bonchev–Trinajstić information content (AvgIpc) is 3.60. The third-order valence-electron chi connectivity index (χ3n) is 6.84. The molecule has 0 spiro atoms. The van der Waals surface area contributed by atoms with Gasteiger partial charge in [0.1, 0.15) is 11.4 Å². The molecule has 0 aromatic carbocycles. The van der Waals surface area contributed by atoms with Crippen LogP contribution in [0.1, 0.15) is 80.5 Å². The Labute approximate surface area is 198 Å². The summed E-state index contributed by atoms with van der Waals surface area (Å²) in [6.45, 7) is 5.15. The first kappa shape index (κ1) is 22.5. The zero-order chi connectivity index (χ0) is 23.7. The number of hydrogen-bond donors (Lipinski definition) is 2. The van der Waals surface area contributed by atoms with Gasteiger partial charge >= 0.3 is 0 Å². The molecule has 2 aliphatic rings. The van der Waals surface area contributed by atoms with Crippen LogP contribution in [-0.4, -0.2) is 60.2 Å². The van der Waals surface area contributed by atoms with Crippen LogP contribution >= 0.6 is 0 Å². The lowest BCUT2D eigenvalue weighted by atomic mass is 10.1. The summed E-state index contributed by atoms with van der Waals surface area (Å²) in [4.78, 5) is 32.4. The van der Waals surface area contributed by atoms with Crippen LogP contribution in [0.4, 0.5) is 5.82 Å². The van der Waals surface area contributed by atoms with Gasteiger partial charge in [-0.15, -0.1) is 0 Å². The van der Waals surface area contributed by atoms with Gasteiger partial charge < -0.3 is 10.6 Å². The Bertz CT molecular complexity index is 1180. The second-order valence-corrected chi connectivity index (χ2v) is 9.55. The van der Waals surface area contributed by atoms with E-state index in [0.29, 0.717) is 17.0 Å². The summed E-state index contributed by atoms with van der Waals surface area (Å²) in [5.74, 6) is 0.514. The normalized spacial score (nSPS) is 19.3. The van der Waals surface area contributed by atoms with Crippen LogP contribution in [0.5, 0.6) is 0 Å². The zero-order valence-electron chi connectivity index (χ0n) is 19.8. The third-order valence-corrected chi connectivity index (χ3v) is 6.84. The highest BCUT2D eigenvalue weighted by atomic mass is 16.2. The molecule has 2 N–H and O–H groups in total. The maximum Gasteiger partial charge on any atom is 0.256 e. The van der Waals surface area contributed by atoms with Crippen LogP contribution in [0.25, 0.3) is 5.65 Å². The molecule has 5 rings (SSSR count). The fourth-order valence-corrected chi connectivity index (χ4v) is 5.20. The van der Waals surface area contributed by atoms with Gasteiger partial charge in [-0.3, -0.25) is 14.5 Å². The average molecular weight is 465 g/mol. The van der Waals surface area contributed by atoms with Gasteiger partial charge in [-0.05, 0) is 52.1 Å². The van der Waals surface area contributed by atoms with E-state index in [1.54, 1.807) is 27.8 Å². The smallest absolute Gasteiger partial charge is 0.256 e. The first-order chi connectivity index (χ1) is 16.5. The maximum absolute atomic E-state index is 12.9. The molecule has 4 heterocycles. The van der Waals surface area contributed by atoms with Crippen molar-refractivity contribution in [2.75, 3.05) is 18.4 Å². The Morgan fingerprint density at radius 2 is 1.91 bits per heavy atom. The molecule has 1 aliphatic heterocycles. The van der Waals surface area contributed by atoms with E-state index in [-0.39, 0.29) is 36.5 Å². The Hall–Kier alpha value is -3.27. The monoisotopic (exact) mass is 464 g/mol. The van der Waals surface area contributed by atoms with Gasteiger partial charge in [0.2, 0.25) is 5.91 Å². The highest BCUT2D eigenvalue weighted by Crippen LogP contribution is 2.32. The minimum absolute atomic E-state index is 0.0249. The van der Waals surface area contributed by atoms with Crippen molar-refractivity contribution in [1.82, 2.24) is 34.6 Å².